The van der Waals surface area contributed by atoms with Crippen molar-refractivity contribution < 1.29 is 18.7 Å². The van der Waals surface area contributed by atoms with Gasteiger partial charge >= 0.3 is 0 Å². The van der Waals surface area contributed by atoms with Gasteiger partial charge in [-0.05, 0) is 30.5 Å². The lowest BCUT2D eigenvalue weighted by atomic mass is 9.96. The summed E-state index contributed by atoms with van der Waals surface area (Å²) in [5.74, 6) is -0.438. The van der Waals surface area contributed by atoms with Gasteiger partial charge < -0.3 is 15.0 Å². The molecule has 3 rings (SSSR count). The van der Waals surface area contributed by atoms with Crippen molar-refractivity contribution in [3.05, 3.63) is 35.6 Å². The quantitative estimate of drug-likeness (QED) is 0.780. The van der Waals surface area contributed by atoms with Crippen molar-refractivity contribution in [2.24, 2.45) is 5.92 Å². The summed E-state index contributed by atoms with van der Waals surface area (Å²) in [6, 6.07) is 6.22. The van der Waals surface area contributed by atoms with E-state index >= 15 is 0 Å². The van der Waals surface area contributed by atoms with Crippen molar-refractivity contribution in [1.82, 2.24) is 15.1 Å². The van der Waals surface area contributed by atoms with E-state index in [-0.39, 0.29) is 23.5 Å². The number of rotatable bonds is 7. The first kappa shape index (κ1) is 19.8. The van der Waals surface area contributed by atoms with Gasteiger partial charge in [-0.25, -0.2) is 4.39 Å². The molecule has 0 aliphatic carbocycles. The Kier molecular flexibility index (Phi) is 7.18. The lowest BCUT2D eigenvalue weighted by molar-refractivity contribution is -0.138. The molecule has 1 N–H and O–H groups in total. The van der Waals surface area contributed by atoms with E-state index in [4.69, 9.17) is 4.74 Å². The zero-order chi connectivity index (χ0) is 19.1. The molecule has 0 unspecified atom stereocenters. The Bertz CT molecular complexity index is 649. The minimum Gasteiger partial charge on any atom is -0.379 e. The molecule has 0 saturated carbocycles. The average molecular weight is 377 g/mol. The molecule has 27 heavy (non-hydrogen) atoms. The summed E-state index contributed by atoms with van der Waals surface area (Å²) in [6.07, 6.45) is 1.90. The molecule has 2 amide bonds. The first-order valence-electron chi connectivity index (χ1n) is 9.72. The van der Waals surface area contributed by atoms with Gasteiger partial charge in [0, 0.05) is 45.7 Å². The maximum atomic E-state index is 13.2. The molecule has 2 heterocycles. The topological polar surface area (TPSA) is 61.9 Å². The van der Waals surface area contributed by atoms with Crippen molar-refractivity contribution >= 4 is 11.8 Å². The second-order valence-corrected chi connectivity index (χ2v) is 7.23. The highest BCUT2D eigenvalue weighted by Gasteiger charge is 2.29. The van der Waals surface area contributed by atoms with Gasteiger partial charge in [0.15, 0.2) is 0 Å². The Morgan fingerprint density at radius 3 is 2.85 bits per heavy atom. The Hall–Kier alpha value is -1.99. The van der Waals surface area contributed by atoms with Crippen molar-refractivity contribution in [3.63, 3.8) is 0 Å². The Balaban J connectivity index is 1.42. The van der Waals surface area contributed by atoms with E-state index in [0.29, 0.717) is 32.5 Å². The van der Waals surface area contributed by atoms with Crippen LogP contribution in [0.2, 0.25) is 0 Å². The highest BCUT2D eigenvalue weighted by atomic mass is 19.1. The molecular weight excluding hydrogens is 349 g/mol. The number of carbonyl (C=O) groups is 2. The van der Waals surface area contributed by atoms with Crippen LogP contribution in [-0.4, -0.2) is 67.6 Å². The van der Waals surface area contributed by atoms with E-state index in [2.05, 4.69) is 10.2 Å². The molecular formula is C20H28FN3O3. The monoisotopic (exact) mass is 377 g/mol. The summed E-state index contributed by atoms with van der Waals surface area (Å²) in [6.45, 7) is 5.84. The molecule has 0 spiro atoms. The van der Waals surface area contributed by atoms with Gasteiger partial charge in [0.25, 0.3) is 0 Å². The Morgan fingerprint density at radius 1 is 1.26 bits per heavy atom. The van der Waals surface area contributed by atoms with E-state index in [1.807, 2.05) is 4.90 Å². The summed E-state index contributed by atoms with van der Waals surface area (Å²) in [5.41, 5.74) is 0.734. The second-order valence-electron chi connectivity index (χ2n) is 7.23. The van der Waals surface area contributed by atoms with Crippen LogP contribution in [0.4, 0.5) is 4.39 Å². The number of benzene rings is 1. The van der Waals surface area contributed by atoms with Crippen LogP contribution in [-0.2, 0) is 20.9 Å². The number of amides is 2. The zero-order valence-corrected chi connectivity index (χ0v) is 15.7. The maximum Gasteiger partial charge on any atom is 0.225 e. The molecule has 1 aromatic rings. The van der Waals surface area contributed by atoms with Crippen LogP contribution in [0.25, 0.3) is 0 Å². The molecule has 0 bridgehead atoms. The zero-order valence-electron chi connectivity index (χ0n) is 15.7. The summed E-state index contributed by atoms with van der Waals surface area (Å²) < 4.78 is 18.6. The minimum absolute atomic E-state index is 0.0649. The highest BCUT2D eigenvalue weighted by molar-refractivity contribution is 5.83. The summed E-state index contributed by atoms with van der Waals surface area (Å²) in [4.78, 5) is 28.8. The van der Waals surface area contributed by atoms with Gasteiger partial charge in [0.05, 0.1) is 19.1 Å². The second kappa shape index (κ2) is 9.80. The van der Waals surface area contributed by atoms with E-state index in [1.165, 1.54) is 12.1 Å². The number of hydrogen-bond donors (Lipinski definition) is 1. The number of nitrogens with zero attached hydrogens (tertiary/aromatic N) is 2. The summed E-state index contributed by atoms with van der Waals surface area (Å²) in [7, 11) is 0. The van der Waals surface area contributed by atoms with Crippen LogP contribution in [0.1, 0.15) is 24.8 Å². The molecule has 0 radical (unpaired) electrons. The minimum atomic E-state index is -0.309. The number of hydrogen-bond acceptors (Lipinski definition) is 4. The standard InChI is InChI=1S/C20H28FN3O3/c21-18-4-1-3-16(13-18)14-22-20(26)17-5-6-19(25)24(15-17)8-2-7-23-9-11-27-12-10-23/h1,3-4,13,17H,2,5-12,14-15H2,(H,22,26)/t17-/m0/s1. The third-order valence-corrected chi connectivity index (χ3v) is 5.23. The lowest BCUT2D eigenvalue weighted by Gasteiger charge is -2.33. The van der Waals surface area contributed by atoms with Crippen molar-refractivity contribution in [1.29, 1.82) is 0 Å². The van der Waals surface area contributed by atoms with Crippen molar-refractivity contribution in [2.45, 2.75) is 25.8 Å². The lowest BCUT2D eigenvalue weighted by Crippen LogP contribution is -2.46. The van der Waals surface area contributed by atoms with Gasteiger partial charge in [-0.3, -0.25) is 14.5 Å². The largest absolute Gasteiger partial charge is 0.379 e. The molecule has 2 aliphatic rings. The summed E-state index contributed by atoms with van der Waals surface area (Å²) >= 11 is 0. The third-order valence-electron chi connectivity index (χ3n) is 5.23. The smallest absolute Gasteiger partial charge is 0.225 e. The van der Waals surface area contributed by atoms with Gasteiger partial charge in [0.1, 0.15) is 5.82 Å². The molecule has 2 aliphatic heterocycles. The maximum absolute atomic E-state index is 13.2. The molecule has 2 fully saturated rings. The Labute approximate surface area is 159 Å². The average Bonchev–Trinajstić information content (AvgIpc) is 2.68. The van der Waals surface area contributed by atoms with Crippen LogP contribution in [0.5, 0.6) is 0 Å². The number of halogens is 1. The highest BCUT2D eigenvalue weighted by Crippen LogP contribution is 2.18. The normalized spacial score (nSPS) is 21.3. The van der Waals surface area contributed by atoms with Gasteiger partial charge in [0.2, 0.25) is 11.8 Å². The fourth-order valence-corrected chi connectivity index (χ4v) is 3.64. The van der Waals surface area contributed by atoms with Crippen LogP contribution < -0.4 is 5.32 Å². The fraction of sp³-hybridized carbons (Fsp3) is 0.600. The van der Waals surface area contributed by atoms with Crippen LogP contribution >= 0.6 is 0 Å². The van der Waals surface area contributed by atoms with Gasteiger partial charge in [-0.2, -0.15) is 0 Å². The van der Waals surface area contributed by atoms with Gasteiger partial charge in [-0.1, -0.05) is 12.1 Å². The van der Waals surface area contributed by atoms with Crippen molar-refractivity contribution in [2.75, 3.05) is 45.9 Å². The van der Waals surface area contributed by atoms with E-state index in [1.54, 1.807) is 12.1 Å². The number of ether oxygens (including phenoxy) is 1. The Morgan fingerprint density at radius 2 is 2.07 bits per heavy atom. The third kappa shape index (κ3) is 6.01. The first-order valence-corrected chi connectivity index (χ1v) is 9.72. The van der Waals surface area contributed by atoms with Gasteiger partial charge in [-0.15, -0.1) is 0 Å². The number of piperidine rings is 1. The number of nitrogens with one attached hydrogen (secondary N) is 1. The number of likely N-dealkylation sites (tertiary alicyclic amines) is 1. The predicted octanol–water partition coefficient (Wildman–Crippen LogP) is 1.40. The molecule has 7 heteroatoms. The molecule has 6 nitrogen and oxygen atoms in total. The first-order chi connectivity index (χ1) is 13.1. The number of carbonyl (C=O) groups excluding carboxylic acids is 2. The van der Waals surface area contributed by atoms with Crippen molar-refractivity contribution in [3.8, 4) is 0 Å². The SMILES string of the molecule is O=C(NCc1cccc(F)c1)[C@H]1CCC(=O)N(CCCN2CCOCC2)C1. The predicted molar refractivity (Wildman–Crippen MR) is 99.4 cm³/mol. The van der Waals surface area contributed by atoms with E-state index < -0.39 is 0 Å². The van der Waals surface area contributed by atoms with E-state index in [9.17, 15) is 14.0 Å². The van der Waals surface area contributed by atoms with Crippen LogP contribution in [0.15, 0.2) is 24.3 Å². The molecule has 148 valence electrons. The van der Waals surface area contributed by atoms with E-state index in [0.717, 1.165) is 44.8 Å². The molecule has 2 saturated heterocycles. The molecule has 0 aromatic heterocycles. The molecule has 1 aromatic carbocycles. The molecule has 1 atom stereocenters. The van der Waals surface area contributed by atoms with Crippen LogP contribution in [0.3, 0.4) is 0 Å². The van der Waals surface area contributed by atoms with Crippen LogP contribution in [0, 0.1) is 11.7 Å². The fourth-order valence-electron chi connectivity index (χ4n) is 3.64. The number of morpholine rings is 1. The summed E-state index contributed by atoms with van der Waals surface area (Å²) in [5, 5.41) is 2.87.